The lowest BCUT2D eigenvalue weighted by Crippen LogP contribution is -2.58. The summed E-state index contributed by atoms with van der Waals surface area (Å²) in [6, 6.07) is 10.9. The van der Waals surface area contributed by atoms with Crippen LogP contribution in [-0.2, 0) is 72.9 Å². The number of aliphatic hydroxyl groups is 7. The first-order chi connectivity index (χ1) is 41.0. The van der Waals surface area contributed by atoms with Gasteiger partial charge < -0.3 is 108 Å². The predicted molar refractivity (Wildman–Crippen MR) is 298 cm³/mol. The summed E-state index contributed by atoms with van der Waals surface area (Å²) >= 11 is 0. The number of esters is 2. The number of benzene rings is 3. The topological polar surface area (TPSA) is 370 Å². The van der Waals surface area contributed by atoms with E-state index in [-0.39, 0.29) is 77.3 Å². The number of aromatic hydroxyl groups is 2. The molecule has 3 aromatic rings. The molecule has 26 nitrogen and oxygen atoms in total. The molecule has 0 amide bonds. The molecule has 6 aliphatic rings. The van der Waals surface area contributed by atoms with Gasteiger partial charge in [-0.15, -0.1) is 0 Å². The van der Waals surface area contributed by atoms with Gasteiger partial charge in [0.05, 0.1) is 70.9 Å². The summed E-state index contributed by atoms with van der Waals surface area (Å²) in [4.78, 5) is 54.9. The molecule has 0 spiro atoms. The molecule has 0 saturated carbocycles. The Labute approximate surface area is 502 Å². The molecule has 1 aliphatic carbocycles. The van der Waals surface area contributed by atoms with E-state index in [1.165, 1.54) is 66.0 Å². The molecule has 9 rings (SSSR count). The van der Waals surface area contributed by atoms with E-state index in [0.29, 0.717) is 0 Å². The van der Waals surface area contributed by atoms with Crippen LogP contribution in [0.1, 0.15) is 119 Å². The number of ketones is 2. The van der Waals surface area contributed by atoms with Gasteiger partial charge in [0.1, 0.15) is 72.2 Å². The lowest BCUT2D eigenvalue weighted by Gasteiger charge is -2.46. The number of aliphatic hydroxyl groups excluding tert-OH is 6. The maximum Gasteiger partial charge on any atom is 0.338 e. The SMILES string of the molecule is CO[C@H](C(=O)[C@@H](O)[C@@H](C)OC(=O)c1ccccc1)[C@@H]1Cc2cc3cc(O[C@H]4C[C@@H](O[C@H]5C[C@@H](OC(C)=O)[C@H](O)C(C)O5)[C@H](O)C(C)O4)c(C)c(O)c3c(O)c2C(=O)[C@H]1O[C@H]1CC(O[C@H]2C[C@@H](O[C@H]3C[C@](C)(O)[C@H](O)C(C)O3)[C@@H](O)C(C)O2)[C@H](O)C(C)O1. The van der Waals surface area contributed by atoms with Crippen molar-refractivity contribution in [3.05, 3.63) is 64.7 Å². The lowest BCUT2D eigenvalue weighted by atomic mass is 9.75. The molecule has 0 bridgehead atoms. The molecule has 25 atom stereocenters. The molecular formula is C61H82O26. The van der Waals surface area contributed by atoms with Crippen LogP contribution >= 0.6 is 0 Å². The number of fused-ring (bicyclic) bond motifs is 2. The highest BCUT2D eigenvalue weighted by atomic mass is 16.7. The Morgan fingerprint density at radius 1 is 0.678 bits per heavy atom. The predicted octanol–water partition coefficient (Wildman–Crippen LogP) is 2.19. The standard InChI is InChI=1S/C61H82O26/c1-24-36(83-41-20-38(50(65)26(3)76-41)84-42-19-37(82-31(8)62)49(64)25(2)77-42)18-34-16-33-17-35(57(75-10)56(71)53(68)29(6)81-60(73)32-14-12-11-13-15-32)58(55(70)47(33)54(69)46(34)48(24)63)87-44-22-39(51(66)28(5)79-44)85-43-21-40(52(67)27(4)78-43)86-45-23-61(9,74)59(72)30(7)80-45/h11-16,18,25-30,35,37-45,49-53,57-59,63-69,72,74H,17,19-23H2,1-10H3/t25?,26?,27?,28?,29-,30?,35+,37-,38-,39?,40-,41+,42+,43+,44+,45+,49-,50-,51-,52+,53+,57+,58+,59-,61+/m1/s1. The van der Waals surface area contributed by atoms with Gasteiger partial charge in [-0.25, -0.2) is 4.79 Å². The van der Waals surface area contributed by atoms with Crippen LogP contribution in [0.5, 0.6) is 17.2 Å². The van der Waals surface area contributed by atoms with E-state index in [9.17, 15) is 60.3 Å². The molecule has 9 N–H and O–H groups in total. The fraction of sp³-hybridized carbons (Fsp3) is 0.672. The van der Waals surface area contributed by atoms with E-state index >= 15 is 4.79 Å². The zero-order valence-corrected chi connectivity index (χ0v) is 50.1. The number of phenolic OH excluding ortho intramolecular Hbond substituents is 2. The van der Waals surface area contributed by atoms with Crippen molar-refractivity contribution < 1.29 is 127 Å². The molecule has 6 unspecified atom stereocenters. The Balaban J connectivity index is 0.986. The first-order valence-electron chi connectivity index (χ1n) is 29.5. The normalized spacial score (nSPS) is 38.4. The summed E-state index contributed by atoms with van der Waals surface area (Å²) < 4.78 is 78.3. The number of Topliss-reactive ketones (excluding diaryl/α,β-unsaturated/α-hetero) is 2. The van der Waals surface area contributed by atoms with Crippen LogP contribution in [0.15, 0.2) is 42.5 Å². The lowest BCUT2D eigenvalue weighted by molar-refractivity contribution is -0.334. The number of hydrogen-bond acceptors (Lipinski definition) is 26. The van der Waals surface area contributed by atoms with Crippen molar-refractivity contribution in [3.63, 3.8) is 0 Å². The van der Waals surface area contributed by atoms with E-state index in [1.807, 2.05) is 0 Å². The number of rotatable bonds is 18. The molecule has 5 aliphatic heterocycles. The second-order valence-corrected chi connectivity index (χ2v) is 24.0. The van der Waals surface area contributed by atoms with Crippen LogP contribution in [0.3, 0.4) is 0 Å². The van der Waals surface area contributed by atoms with Crippen LogP contribution in [0.25, 0.3) is 10.8 Å². The molecule has 3 aromatic carbocycles. The zero-order valence-electron chi connectivity index (χ0n) is 50.1. The van der Waals surface area contributed by atoms with E-state index in [0.717, 1.165) is 0 Å². The van der Waals surface area contributed by atoms with Gasteiger partial charge >= 0.3 is 11.9 Å². The molecule has 0 radical (unpaired) electrons. The monoisotopic (exact) mass is 1230 g/mol. The van der Waals surface area contributed by atoms with Crippen molar-refractivity contribution >= 4 is 34.3 Å². The minimum Gasteiger partial charge on any atom is -0.507 e. The number of phenols is 2. The average molecular weight is 1230 g/mol. The van der Waals surface area contributed by atoms with Crippen LogP contribution in [-0.4, -0.2) is 223 Å². The van der Waals surface area contributed by atoms with E-state index in [4.69, 9.17) is 61.6 Å². The zero-order chi connectivity index (χ0) is 63.2. The van der Waals surface area contributed by atoms with Crippen molar-refractivity contribution in [2.45, 2.75) is 248 Å². The fourth-order valence-corrected chi connectivity index (χ4v) is 12.5. The first-order valence-corrected chi connectivity index (χ1v) is 29.5. The minimum absolute atomic E-state index is 0.0355. The Hall–Kier alpha value is -5.08. The molecule has 5 saturated heterocycles. The summed E-state index contributed by atoms with van der Waals surface area (Å²) in [6.45, 7) is 13.4. The van der Waals surface area contributed by atoms with E-state index < -0.39 is 188 Å². The maximum atomic E-state index is 15.3. The second-order valence-electron chi connectivity index (χ2n) is 24.0. The van der Waals surface area contributed by atoms with Gasteiger partial charge in [0.25, 0.3) is 0 Å². The van der Waals surface area contributed by atoms with Gasteiger partial charge in [0.15, 0.2) is 42.8 Å². The summed E-state index contributed by atoms with van der Waals surface area (Å²) in [5.74, 6) is -5.73. The largest absolute Gasteiger partial charge is 0.507 e. The quantitative estimate of drug-likeness (QED) is 0.0824. The van der Waals surface area contributed by atoms with Gasteiger partial charge in [0, 0.05) is 57.6 Å². The van der Waals surface area contributed by atoms with Gasteiger partial charge in [-0.2, -0.15) is 0 Å². The third-order valence-corrected chi connectivity index (χ3v) is 17.5. The van der Waals surface area contributed by atoms with Gasteiger partial charge in [0.2, 0.25) is 6.29 Å². The van der Waals surface area contributed by atoms with E-state index in [1.54, 1.807) is 45.9 Å². The minimum atomic E-state index is -2.01. The summed E-state index contributed by atoms with van der Waals surface area (Å²) in [6.07, 6.45) is -27.7. The third kappa shape index (κ3) is 14.3. The number of hydrogen-bond donors (Lipinski definition) is 9. The summed E-state index contributed by atoms with van der Waals surface area (Å²) in [5.41, 5.74) is -1.44. The molecule has 26 heteroatoms. The molecular weight excluding hydrogens is 1150 g/mol. The highest BCUT2D eigenvalue weighted by Crippen LogP contribution is 2.48. The van der Waals surface area contributed by atoms with Crippen molar-refractivity contribution in [1.82, 2.24) is 0 Å². The van der Waals surface area contributed by atoms with Crippen molar-refractivity contribution in [3.8, 4) is 17.2 Å². The molecule has 5 fully saturated rings. The second kappa shape index (κ2) is 27.2. The van der Waals surface area contributed by atoms with Gasteiger partial charge in [-0.1, -0.05) is 18.2 Å². The number of carbonyl (C=O) groups is 4. The van der Waals surface area contributed by atoms with Gasteiger partial charge in [-0.05, 0) is 97.0 Å². The van der Waals surface area contributed by atoms with Gasteiger partial charge in [-0.3, -0.25) is 14.4 Å². The van der Waals surface area contributed by atoms with Crippen molar-refractivity contribution in [1.29, 1.82) is 0 Å². The molecule has 87 heavy (non-hydrogen) atoms. The van der Waals surface area contributed by atoms with E-state index in [2.05, 4.69) is 0 Å². The first kappa shape index (κ1) is 66.3. The smallest absolute Gasteiger partial charge is 0.338 e. The number of methoxy groups -OCH3 is 1. The number of carbonyl (C=O) groups excluding carboxylic acids is 4. The number of ether oxygens (including phenoxy) is 13. The Morgan fingerprint density at radius 3 is 1.71 bits per heavy atom. The van der Waals surface area contributed by atoms with Crippen molar-refractivity contribution in [2.75, 3.05) is 7.11 Å². The highest BCUT2D eigenvalue weighted by Gasteiger charge is 2.52. The average Bonchev–Trinajstić information content (AvgIpc) is 0.880. The van der Waals surface area contributed by atoms with Crippen molar-refractivity contribution in [2.24, 2.45) is 5.92 Å². The van der Waals surface area contributed by atoms with Crippen LogP contribution in [0, 0.1) is 12.8 Å². The van der Waals surface area contributed by atoms with Crippen LogP contribution in [0.4, 0.5) is 0 Å². The molecule has 0 aromatic heterocycles. The Kier molecular flexibility index (Phi) is 20.7. The third-order valence-electron chi connectivity index (χ3n) is 17.5. The maximum absolute atomic E-state index is 15.3. The Morgan fingerprint density at radius 2 is 1.17 bits per heavy atom. The molecule has 5 heterocycles. The fourth-order valence-electron chi connectivity index (χ4n) is 12.5. The summed E-state index contributed by atoms with van der Waals surface area (Å²) in [5, 5.41) is 102. The molecule has 482 valence electrons. The summed E-state index contributed by atoms with van der Waals surface area (Å²) in [7, 11) is 1.18. The highest BCUT2D eigenvalue weighted by molar-refractivity contribution is 6.11. The van der Waals surface area contributed by atoms with Crippen LogP contribution in [0.2, 0.25) is 0 Å². The Bertz CT molecular complexity index is 2920. The van der Waals surface area contributed by atoms with Crippen LogP contribution < -0.4 is 4.74 Å².